The lowest BCUT2D eigenvalue weighted by Crippen LogP contribution is -2.05. The van der Waals surface area contributed by atoms with Gasteiger partial charge in [-0.1, -0.05) is 11.6 Å². The van der Waals surface area contributed by atoms with Crippen molar-refractivity contribution < 1.29 is 23.6 Å². The molecule has 0 aliphatic heterocycles. The molecule has 2 rings (SSSR count). The first kappa shape index (κ1) is 15.7. The summed E-state index contributed by atoms with van der Waals surface area (Å²) in [5.74, 6) is -1.25. The average Bonchev–Trinajstić information content (AvgIpc) is 2.49. The fourth-order valence-corrected chi connectivity index (χ4v) is 1.87. The van der Waals surface area contributed by atoms with Gasteiger partial charge in [0.05, 0.1) is 17.1 Å². The number of methoxy groups -OCH3 is 1. The van der Waals surface area contributed by atoms with Crippen LogP contribution in [0.3, 0.4) is 0 Å². The minimum Gasteiger partial charge on any atom is -0.465 e. The number of hydrogen-bond donors (Lipinski definition) is 0. The van der Waals surface area contributed by atoms with Gasteiger partial charge in [0.25, 0.3) is 5.69 Å². The fourth-order valence-electron chi connectivity index (χ4n) is 1.67. The summed E-state index contributed by atoms with van der Waals surface area (Å²) in [6.45, 7) is 0. The standard InChI is InChI=1S/C14H9ClFNO5/c1-21-14(18)10-7-9(17(19)20)3-5-12(10)22-13-4-2-8(16)6-11(13)15/h2-7H,1H3. The van der Waals surface area contributed by atoms with Gasteiger partial charge in [0.15, 0.2) is 0 Å². The van der Waals surface area contributed by atoms with E-state index in [0.29, 0.717) is 0 Å². The van der Waals surface area contributed by atoms with Crippen LogP contribution in [0.2, 0.25) is 5.02 Å². The lowest BCUT2D eigenvalue weighted by atomic mass is 10.2. The van der Waals surface area contributed by atoms with Gasteiger partial charge in [0.1, 0.15) is 22.9 Å². The lowest BCUT2D eigenvalue weighted by Gasteiger charge is -2.11. The Labute approximate surface area is 129 Å². The van der Waals surface area contributed by atoms with Crippen molar-refractivity contribution in [2.24, 2.45) is 0 Å². The molecule has 6 nitrogen and oxygen atoms in total. The van der Waals surface area contributed by atoms with Gasteiger partial charge in [-0.25, -0.2) is 9.18 Å². The second-order valence-electron chi connectivity index (χ2n) is 4.11. The highest BCUT2D eigenvalue weighted by Gasteiger charge is 2.19. The van der Waals surface area contributed by atoms with Crippen molar-refractivity contribution in [3.8, 4) is 11.5 Å². The van der Waals surface area contributed by atoms with Crippen LogP contribution in [-0.2, 0) is 4.74 Å². The highest BCUT2D eigenvalue weighted by atomic mass is 35.5. The monoisotopic (exact) mass is 325 g/mol. The van der Waals surface area contributed by atoms with Crippen LogP contribution in [0.4, 0.5) is 10.1 Å². The van der Waals surface area contributed by atoms with Crippen LogP contribution >= 0.6 is 11.6 Å². The Bertz CT molecular complexity index is 750. The molecule has 114 valence electrons. The Kier molecular flexibility index (Phi) is 4.57. The molecule has 0 fully saturated rings. The number of nitrogens with zero attached hydrogens (tertiary/aromatic N) is 1. The maximum atomic E-state index is 13.0. The molecule has 0 amide bonds. The molecule has 0 spiro atoms. The minimum atomic E-state index is -0.808. The molecule has 2 aromatic carbocycles. The molecule has 0 heterocycles. The number of nitro groups is 1. The maximum absolute atomic E-state index is 13.0. The van der Waals surface area contributed by atoms with Gasteiger partial charge in [-0.3, -0.25) is 10.1 Å². The summed E-state index contributed by atoms with van der Waals surface area (Å²) in [7, 11) is 1.13. The van der Waals surface area contributed by atoms with Crippen molar-refractivity contribution in [3.63, 3.8) is 0 Å². The topological polar surface area (TPSA) is 78.7 Å². The Morgan fingerprint density at radius 2 is 1.91 bits per heavy atom. The third kappa shape index (κ3) is 3.32. The zero-order valence-corrected chi connectivity index (χ0v) is 12.0. The van der Waals surface area contributed by atoms with Gasteiger partial charge >= 0.3 is 5.97 Å². The summed E-state index contributed by atoms with van der Waals surface area (Å²) >= 11 is 5.84. The third-order valence-electron chi connectivity index (χ3n) is 2.69. The summed E-state index contributed by atoms with van der Waals surface area (Å²) in [4.78, 5) is 21.8. The molecule has 0 bridgehead atoms. The van der Waals surface area contributed by atoms with Crippen LogP contribution in [0, 0.1) is 15.9 Å². The second kappa shape index (κ2) is 6.40. The van der Waals surface area contributed by atoms with E-state index in [1.165, 1.54) is 18.2 Å². The number of nitro benzene ring substituents is 1. The number of hydrogen-bond acceptors (Lipinski definition) is 5. The average molecular weight is 326 g/mol. The lowest BCUT2D eigenvalue weighted by molar-refractivity contribution is -0.384. The molecular formula is C14H9ClFNO5. The molecule has 0 aromatic heterocycles. The minimum absolute atomic E-state index is 0.00540. The zero-order valence-electron chi connectivity index (χ0n) is 11.2. The summed E-state index contributed by atoms with van der Waals surface area (Å²) in [5.41, 5.74) is -0.435. The van der Waals surface area contributed by atoms with E-state index < -0.39 is 16.7 Å². The number of benzene rings is 2. The smallest absolute Gasteiger partial charge is 0.341 e. The molecule has 0 saturated carbocycles. The van der Waals surface area contributed by atoms with E-state index in [1.54, 1.807) is 0 Å². The first-order chi connectivity index (χ1) is 10.4. The SMILES string of the molecule is COC(=O)c1cc([N+](=O)[O-])ccc1Oc1ccc(F)cc1Cl. The van der Waals surface area contributed by atoms with Crippen molar-refractivity contribution in [2.75, 3.05) is 7.11 Å². The van der Waals surface area contributed by atoms with Crippen LogP contribution in [0.5, 0.6) is 11.5 Å². The molecule has 2 aromatic rings. The van der Waals surface area contributed by atoms with Gasteiger partial charge in [0.2, 0.25) is 0 Å². The predicted octanol–water partition coefficient (Wildman–Crippen LogP) is 3.97. The molecule has 0 saturated heterocycles. The number of carbonyl (C=O) groups excluding carboxylic acids is 1. The van der Waals surface area contributed by atoms with Gasteiger partial charge in [-0.2, -0.15) is 0 Å². The third-order valence-corrected chi connectivity index (χ3v) is 2.99. The van der Waals surface area contributed by atoms with Crippen LogP contribution in [0.1, 0.15) is 10.4 Å². The maximum Gasteiger partial charge on any atom is 0.341 e. The number of rotatable bonds is 4. The number of esters is 1. The number of ether oxygens (including phenoxy) is 2. The molecule has 0 aliphatic rings. The van der Waals surface area contributed by atoms with Gasteiger partial charge < -0.3 is 9.47 Å². The first-order valence-electron chi connectivity index (χ1n) is 5.92. The highest BCUT2D eigenvalue weighted by Crippen LogP contribution is 2.33. The zero-order chi connectivity index (χ0) is 16.3. The molecule has 0 radical (unpaired) electrons. The Morgan fingerprint density at radius 1 is 1.23 bits per heavy atom. The van der Waals surface area contributed by atoms with E-state index in [1.807, 2.05) is 0 Å². The molecule has 22 heavy (non-hydrogen) atoms. The van der Waals surface area contributed by atoms with Crippen molar-refractivity contribution in [3.05, 3.63) is 62.9 Å². The second-order valence-corrected chi connectivity index (χ2v) is 4.51. The van der Waals surface area contributed by atoms with E-state index in [2.05, 4.69) is 4.74 Å². The van der Waals surface area contributed by atoms with Crippen molar-refractivity contribution in [1.82, 2.24) is 0 Å². The molecular weight excluding hydrogens is 317 g/mol. The van der Waals surface area contributed by atoms with Crippen molar-refractivity contribution in [1.29, 1.82) is 0 Å². The van der Waals surface area contributed by atoms with E-state index in [4.69, 9.17) is 16.3 Å². The summed E-state index contributed by atoms with van der Waals surface area (Å²) < 4.78 is 23.0. The molecule has 0 N–H and O–H groups in total. The van der Waals surface area contributed by atoms with Crippen LogP contribution in [0.25, 0.3) is 0 Å². The Balaban J connectivity index is 2.45. The number of carbonyl (C=O) groups is 1. The molecule has 8 heteroatoms. The Hall–Kier alpha value is -2.67. The molecule has 0 aliphatic carbocycles. The van der Waals surface area contributed by atoms with Crippen LogP contribution in [-0.4, -0.2) is 18.0 Å². The van der Waals surface area contributed by atoms with Gasteiger partial charge in [0, 0.05) is 12.1 Å². The molecule has 0 atom stereocenters. The quantitative estimate of drug-likeness (QED) is 0.483. The van der Waals surface area contributed by atoms with E-state index in [-0.39, 0.29) is 27.8 Å². The Morgan fingerprint density at radius 3 is 2.50 bits per heavy atom. The van der Waals surface area contributed by atoms with Gasteiger partial charge in [-0.05, 0) is 24.3 Å². The molecule has 0 unspecified atom stereocenters. The normalized spacial score (nSPS) is 10.1. The summed E-state index contributed by atoms with van der Waals surface area (Å²) in [6, 6.07) is 6.88. The number of non-ortho nitro benzene ring substituents is 1. The van der Waals surface area contributed by atoms with E-state index in [9.17, 15) is 19.3 Å². The summed E-state index contributed by atoms with van der Waals surface area (Å²) in [6.07, 6.45) is 0. The first-order valence-corrected chi connectivity index (χ1v) is 6.30. The number of halogens is 2. The van der Waals surface area contributed by atoms with E-state index >= 15 is 0 Å². The van der Waals surface area contributed by atoms with Gasteiger partial charge in [-0.15, -0.1) is 0 Å². The predicted molar refractivity (Wildman–Crippen MR) is 75.9 cm³/mol. The highest BCUT2D eigenvalue weighted by molar-refractivity contribution is 6.32. The fraction of sp³-hybridized carbons (Fsp3) is 0.0714. The van der Waals surface area contributed by atoms with Crippen molar-refractivity contribution in [2.45, 2.75) is 0 Å². The van der Waals surface area contributed by atoms with E-state index in [0.717, 1.165) is 25.3 Å². The van der Waals surface area contributed by atoms with Crippen LogP contribution < -0.4 is 4.74 Å². The van der Waals surface area contributed by atoms with Crippen LogP contribution in [0.15, 0.2) is 36.4 Å². The van der Waals surface area contributed by atoms with Crippen molar-refractivity contribution >= 4 is 23.3 Å². The summed E-state index contributed by atoms with van der Waals surface area (Å²) in [5, 5.41) is 10.8. The largest absolute Gasteiger partial charge is 0.465 e.